The number of nitrogens with one attached hydrogen (secondary N) is 1. The van der Waals surface area contributed by atoms with Crippen molar-refractivity contribution >= 4 is 34.1 Å². The largest absolute Gasteiger partial charge is 0.497 e. The summed E-state index contributed by atoms with van der Waals surface area (Å²) in [4.78, 5) is 16.7. The highest BCUT2D eigenvalue weighted by Crippen LogP contribution is 2.25. The van der Waals surface area contributed by atoms with Crippen LogP contribution in [0.3, 0.4) is 0 Å². The van der Waals surface area contributed by atoms with Crippen LogP contribution in [0.5, 0.6) is 5.75 Å². The quantitative estimate of drug-likeness (QED) is 0.409. The standard InChI is InChI=1S/C21H22N6O2S2/c1-14-12-30-20(22-14)23-19(28)13-31-21-25-24-18(11-16-5-4-10-26(16)2)27(21)15-6-8-17(29-3)9-7-15/h4-10,12H,11,13H2,1-3H3,(H,22,23,28). The first-order valence-electron chi connectivity index (χ1n) is 9.57. The Labute approximate surface area is 188 Å². The number of anilines is 1. The van der Waals surface area contributed by atoms with Gasteiger partial charge in [0, 0.05) is 36.4 Å². The number of benzene rings is 1. The van der Waals surface area contributed by atoms with Crippen LogP contribution in [0.25, 0.3) is 5.69 Å². The minimum absolute atomic E-state index is 0.132. The molecule has 0 saturated carbocycles. The molecule has 0 radical (unpaired) electrons. The van der Waals surface area contributed by atoms with Crippen molar-refractivity contribution < 1.29 is 9.53 Å². The highest BCUT2D eigenvalue weighted by Gasteiger charge is 2.17. The van der Waals surface area contributed by atoms with E-state index in [2.05, 4.69) is 31.1 Å². The minimum Gasteiger partial charge on any atom is -0.497 e. The SMILES string of the molecule is COc1ccc(-n2c(Cc3cccn3C)nnc2SCC(=O)Nc2nc(C)cs2)cc1. The van der Waals surface area contributed by atoms with Gasteiger partial charge in [0.2, 0.25) is 5.91 Å². The van der Waals surface area contributed by atoms with Gasteiger partial charge in [-0.25, -0.2) is 4.98 Å². The molecule has 160 valence electrons. The lowest BCUT2D eigenvalue weighted by Gasteiger charge is -2.11. The molecular formula is C21H22N6O2S2. The number of hydrogen-bond acceptors (Lipinski definition) is 7. The molecule has 0 saturated heterocycles. The average molecular weight is 455 g/mol. The summed E-state index contributed by atoms with van der Waals surface area (Å²) in [6, 6.07) is 11.8. The summed E-state index contributed by atoms with van der Waals surface area (Å²) < 4.78 is 9.32. The molecule has 0 fully saturated rings. The maximum Gasteiger partial charge on any atom is 0.236 e. The van der Waals surface area contributed by atoms with E-state index in [1.807, 2.05) is 60.4 Å². The third kappa shape index (κ3) is 4.97. The molecule has 1 N–H and O–H groups in total. The van der Waals surface area contributed by atoms with Crippen molar-refractivity contribution in [3.05, 3.63) is 65.2 Å². The number of aryl methyl sites for hydroxylation is 2. The fraction of sp³-hybridized carbons (Fsp3) is 0.238. The maximum absolute atomic E-state index is 12.4. The lowest BCUT2D eigenvalue weighted by Crippen LogP contribution is -2.14. The number of amides is 1. The molecule has 0 aliphatic rings. The van der Waals surface area contributed by atoms with Gasteiger partial charge in [-0.05, 0) is 43.3 Å². The molecule has 0 unspecified atom stereocenters. The second-order valence-electron chi connectivity index (χ2n) is 6.85. The number of methoxy groups -OCH3 is 1. The van der Waals surface area contributed by atoms with E-state index >= 15 is 0 Å². The molecule has 1 aromatic carbocycles. The monoisotopic (exact) mass is 454 g/mol. The molecule has 0 spiro atoms. The predicted molar refractivity (Wildman–Crippen MR) is 122 cm³/mol. The van der Waals surface area contributed by atoms with Gasteiger partial charge in [-0.2, -0.15) is 0 Å². The fourth-order valence-corrected chi connectivity index (χ4v) is 4.51. The van der Waals surface area contributed by atoms with Crippen LogP contribution in [0, 0.1) is 6.92 Å². The van der Waals surface area contributed by atoms with Gasteiger partial charge >= 0.3 is 0 Å². The van der Waals surface area contributed by atoms with Crippen LogP contribution in [0.15, 0.2) is 53.1 Å². The average Bonchev–Trinajstić information content (AvgIpc) is 3.48. The van der Waals surface area contributed by atoms with E-state index in [-0.39, 0.29) is 11.7 Å². The van der Waals surface area contributed by atoms with E-state index in [0.717, 1.165) is 28.6 Å². The van der Waals surface area contributed by atoms with Crippen LogP contribution >= 0.6 is 23.1 Å². The Hall–Kier alpha value is -3.11. The number of thioether (sulfide) groups is 1. The van der Waals surface area contributed by atoms with Crippen LogP contribution in [-0.4, -0.2) is 43.1 Å². The maximum atomic E-state index is 12.4. The van der Waals surface area contributed by atoms with Gasteiger partial charge in [-0.3, -0.25) is 9.36 Å². The Morgan fingerprint density at radius 1 is 1.23 bits per heavy atom. The van der Waals surface area contributed by atoms with Gasteiger partial charge in [-0.15, -0.1) is 21.5 Å². The topological polar surface area (TPSA) is 86.9 Å². The Balaban J connectivity index is 1.57. The van der Waals surface area contributed by atoms with Crippen molar-refractivity contribution in [1.82, 2.24) is 24.3 Å². The number of carbonyl (C=O) groups excluding carboxylic acids is 1. The number of thiazole rings is 1. The zero-order valence-electron chi connectivity index (χ0n) is 17.4. The normalized spacial score (nSPS) is 10.9. The zero-order chi connectivity index (χ0) is 21.8. The third-order valence-corrected chi connectivity index (χ3v) is 6.42. The Bertz CT molecular complexity index is 1180. The fourth-order valence-electron chi connectivity index (χ4n) is 3.04. The van der Waals surface area contributed by atoms with E-state index < -0.39 is 0 Å². The number of hydrogen-bond donors (Lipinski definition) is 1. The number of ether oxygens (including phenoxy) is 1. The van der Waals surface area contributed by atoms with E-state index in [0.29, 0.717) is 16.7 Å². The van der Waals surface area contributed by atoms with Crippen LogP contribution in [0.1, 0.15) is 17.2 Å². The third-order valence-electron chi connectivity index (χ3n) is 4.62. The van der Waals surface area contributed by atoms with E-state index in [9.17, 15) is 4.79 Å². The summed E-state index contributed by atoms with van der Waals surface area (Å²) in [5, 5.41) is 14.8. The van der Waals surface area contributed by atoms with Gasteiger partial charge in [0.1, 0.15) is 11.6 Å². The molecule has 8 nitrogen and oxygen atoms in total. The summed E-state index contributed by atoms with van der Waals surface area (Å²) >= 11 is 2.75. The first-order chi connectivity index (χ1) is 15.0. The second-order valence-corrected chi connectivity index (χ2v) is 8.65. The molecule has 0 aliphatic heterocycles. The first kappa shape index (κ1) is 21.1. The van der Waals surface area contributed by atoms with Crippen molar-refractivity contribution in [1.29, 1.82) is 0 Å². The van der Waals surface area contributed by atoms with Gasteiger partial charge in [0.25, 0.3) is 0 Å². The van der Waals surface area contributed by atoms with Crippen molar-refractivity contribution in [2.45, 2.75) is 18.5 Å². The molecule has 31 heavy (non-hydrogen) atoms. The molecule has 0 aliphatic carbocycles. The summed E-state index contributed by atoms with van der Waals surface area (Å²) in [5.74, 6) is 1.64. The van der Waals surface area contributed by atoms with Crippen LogP contribution in [0.2, 0.25) is 0 Å². The molecular weight excluding hydrogens is 432 g/mol. The molecule has 3 aromatic heterocycles. The highest BCUT2D eigenvalue weighted by atomic mass is 32.2. The van der Waals surface area contributed by atoms with Crippen molar-refractivity contribution in [3.8, 4) is 11.4 Å². The van der Waals surface area contributed by atoms with Crippen LogP contribution < -0.4 is 10.1 Å². The first-order valence-corrected chi connectivity index (χ1v) is 11.4. The lowest BCUT2D eigenvalue weighted by molar-refractivity contribution is -0.113. The Morgan fingerprint density at radius 3 is 2.68 bits per heavy atom. The van der Waals surface area contributed by atoms with Crippen LogP contribution in [0.4, 0.5) is 5.13 Å². The van der Waals surface area contributed by atoms with E-state index in [4.69, 9.17) is 4.74 Å². The van der Waals surface area contributed by atoms with Crippen LogP contribution in [-0.2, 0) is 18.3 Å². The molecule has 0 atom stereocenters. The number of nitrogens with zero attached hydrogens (tertiary/aromatic N) is 5. The number of aromatic nitrogens is 5. The molecule has 10 heteroatoms. The van der Waals surface area contributed by atoms with Gasteiger partial charge in [-0.1, -0.05) is 11.8 Å². The van der Waals surface area contributed by atoms with E-state index in [1.165, 1.54) is 23.1 Å². The van der Waals surface area contributed by atoms with Gasteiger partial charge in [0.05, 0.1) is 18.6 Å². The summed E-state index contributed by atoms with van der Waals surface area (Å²) in [6.45, 7) is 1.90. The molecule has 4 aromatic rings. The number of rotatable bonds is 8. The van der Waals surface area contributed by atoms with Gasteiger partial charge in [0.15, 0.2) is 10.3 Å². The highest BCUT2D eigenvalue weighted by molar-refractivity contribution is 7.99. The molecule has 4 rings (SSSR count). The van der Waals surface area contributed by atoms with Crippen molar-refractivity contribution in [3.63, 3.8) is 0 Å². The van der Waals surface area contributed by atoms with Gasteiger partial charge < -0.3 is 14.6 Å². The van der Waals surface area contributed by atoms with Crippen molar-refractivity contribution in [2.24, 2.45) is 7.05 Å². The molecule has 3 heterocycles. The second kappa shape index (κ2) is 9.36. The lowest BCUT2D eigenvalue weighted by atomic mass is 10.2. The zero-order valence-corrected chi connectivity index (χ0v) is 19.0. The van der Waals surface area contributed by atoms with Crippen molar-refractivity contribution in [2.75, 3.05) is 18.2 Å². The predicted octanol–water partition coefficient (Wildman–Crippen LogP) is 3.70. The summed E-state index contributed by atoms with van der Waals surface area (Å²) in [6.07, 6.45) is 2.62. The minimum atomic E-state index is -0.132. The molecule has 1 amide bonds. The Morgan fingerprint density at radius 2 is 2.03 bits per heavy atom. The summed E-state index contributed by atoms with van der Waals surface area (Å²) in [7, 11) is 3.64. The number of carbonyl (C=O) groups is 1. The smallest absolute Gasteiger partial charge is 0.236 e. The Kier molecular flexibility index (Phi) is 6.38. The van der Waals surface area contributed by atoms with E-state index in [1.54, 1.807) is 7.11 Å². The molecule has 0 bridgehead atoms. The summed E-state index contributed by atoms with van der Waals surface area (Å²) in [5.41, 5.74) is 2.92.